The maximum atomic E-state index is 14.1. The lowest BCUT2D eigenvalue weighted by Gasteiger charge is -2.33. The van der Waals surface area contributed by atoms with Crippen molar-refractivity contribution >= 4 is 43.5 Å². The van der Waals surface area contributed by atoms with E-state index in [-0.39, 0.29) is 18.4 Å². The van der Waals surface area contributed by atoms with Gasteiger partial charge in [-0.15, -0.1) is 0 Å². The van der Waals surface area contributed by atoms with E-state index in [0.717, 1.165) is 38.1 Å². The molecule has 7 nitrogen and oxygen atoms in total. The standard InChI is InChI=1S/C31H38BrN3O4S/c1-5-19-33-31(37)29(20-24-9-7-6-8-10-24)34(21-25-11-15-27(32)16-12-25)30(36)22-35(40(4,38)39)28-17-13-26(14-18-28)23(2)3/h6-18,23,29H,5,19-22H2,1-4H3,(H,33,37). The normalized spacial score (nSPS) is 12.2. The summed E-state index contributed by atoms with van der Waals surface area (Å²) in [6, 6.07) is 23.4. The quantitative estimate of drug-likeness (QED) is 0.271. The summed E-state index contributed by atoms with van der Waals surface area (Å²) < 4.78 is 27.8. The molecule has 1 unspecified atom stereocenters. The molecule has 0 fully saturated rings. The molecule has 9 heteroatoms. The summed E-state index contributed by atoms with van der Waals surface area (Å²) in [6.45, 7) is 6.27. The first-order valence-electron chi connectivity index (χ1n) is 13.4. The van der Waals surface area contributed by atoms with Crippen molar-refractivity contribution in [3.63, 3.8) is 0 Å². The number of nitrogens with one attached hydrogen (secondary N) is 1. The molecule has 214 valence electrons. The van der Waals surface area contributed by atoms with Crippen LogP contribution in [0.3, 0.4) is 0 Å². The molecule has 0 aromatic heterocycles. The molecule has 0 aliphatic heterocycles. The number of carbonyl (C=O) groups is 2. The number of halogens is 1. The van der Waals surface area contributed by atoms with Gasteiger partial charge in [-0.3, -0.25) is 13.9 Å². The Morgan fingerprint density at radius 3 is 2.08 bits per heavy atom. The largest absolute Gasteiger partial charge is 0.354 e. The summed E-state index contributed by atoms with van der Waals surface area (Å²) in [5.41, 5.74) is 3.19. The van der Waals surface area contributed by atoms with Crippen LogP contribution in [0.25, 0.3) is 0 Å². The van der Waals surface area contributed by atoms with Gasteiger partial charge in [0.1, 0.15) is 12.6 Å². The van der Waals surface area contributed by atoms with Gasteiger partial charge in [0, 0.05) is 24.0 Å². The number of amides is 2. The molecule has 1 atom stereocenters. The number of carbonyl (C=O) groups excluding carboxylic acids is 2. The van der Waals surface area contributed by atoms with Crippen molar-refractivity contribution in [2.24, 2.45) is 0 Å². The van der Waals surface area contributed by atoms with E-state index in [0.29, 0.717) is 18.7 Å². The molecule has 0 bridgehead atoms. The number of sulfonamides is 1. The maximum Gasteiger partial charge on any atom is 0.244 e. The van der Waals surface area contributed by atoms with E-state index in [9.17, 15) is 18.0 Å². The van der Waals surface area contributed by atoms with Gasteiger partial charge in [-0.25, -0.2) is 8.42 Å². The van der Waals surface area contributed by atoms with Crippen molar-refractivity contribution in [1.82, 2.24) is 10.2 Å². The highest BCUT2D eigenvalue weighted by atomic mass is 79.9. The molecule has 40 heavy (non-hydrogen) atoms. The maximum absolute atomic E-state index is 14.1. The zero-order valence-electron chi connectivity index (χ0n) is 23.5. The Morgan fingerprint density at radius 1 is 0.900 bits per heavy atom. The van der Waals surface area contributed by atoms with Crippen LogP contribution in [0.2, 0.25) is 0 Å². The number of nitrogens with zero attached hydrogens (tertiary/aromatic N) is 2. The predicted octanol–water partition coefficient (Wildman–Crippen LogP) is 5.50. The van der Waals surface area contributed by atoms with E-state index in [1.165, 1.54) is 4.90 Å². The molecule has 3 rings (SSSR count). The lowest BCUT2D eigenvalue weighted by Crippen LogP contribution is -2.53. The zero-order chi connectivity index (χ0) is 29.3. The van der Waals surface area contributed by atoms with Crippen molar-refractivity contribution in [2.45, 2.75) is 52.1 Å². The first-order valence-corrected chi connectivity index (χ1v) is 16.1. The minimum Gasteiger partial charge on any atom is -0.354 e. The van der Waals surface area contributed by atoms with Crippen molar-refractivity contribution in [3.05, 3.63) is 100 Å². The second kappa shape index (κ2) is 14.5. The zero-order valence-corrected chi connectivity index (χ0v) is 25.9. The Labute approximate surface area is 246 Å². The van der Waals surface area contributed by atoms with Gasteiger partial charge in [-0.2, -0.15) is 0 Å². The van der Waals surface area contributed by atoms with Crippen LogP contribution in [0.4, 0.5) is 5.69 Å². The molecule has 3 aromatic rings. The van der Waals surface area contributed by atoms with Crippen LogP contribution in [0.15, 0.2) is 83.3 Å². The third kappa shape index (κ3) is 8.93. The molecular weight excluding hydrogens is 590 g/mol. The topological polar surface area (TPSA) is 86.8 Å². The Morgan fingerprint density at radius 2 is 1.52 bits per heavy atom. The summed E-state index contributed by atoms with van der Waals surface area (Å²) in [6.07, 6.45) is 2.13. The van der Waals surface area contributed by atoms with Crippen LogP contribution in [0, 0.1) is 0 Å². The van der Waals surface area contributed by atoms with Crippen LogP contribution >= 0.6 is 15.9 Å². The summed E-state index contributed by atoms with van der Waals surface area (Å²) in [5.74, 6) is -0.457. The SMILES string of the molecule is CCCNC(=O)C(Cc1ccccc1)N(Cc1ccc(Br)cc1)C(=O)CN(c1ccc(C(C)C)cc1)S(C)(=O)=O. The van der Waals surface area contributed by atoms with E-state index >= 15 is 0 Å². The number of anilines is 1. The van der Waals surface area contributed by atoms with Crippen molar-refractivity contribution in [2.75, 3.05) is 23.7 Å². The molecule has 0 radical (unpaired) electrons. The summed E-state index contributed by atoms with van der Waals surface area (Å²) in [4.78, 5) is 29.1. The minimum atomic E-state index is -3.80. The van der Waals surface area contributed by atoms with Crippen molar-refractivity contribution in [3.8, 4) is 0 Å². The monoisotopic (exact) mass is 627 g/mol. The summed E-state index contributed by atoms with van der Waals surface area (Å²) in [5, 5.41) is 2.94. The van der Waals surface area contributed by atoms with E-state index in [2.05, 4.69) is 35.1 Å². The fourth-order valence-corrected chi connectivity index (χ4v) is 5.46. The van der Waals surface area contributed by atoms with E-state index in [1.807, 2.05) is 73.7 Å². The molecule has 2 amide bonds. The van der Waals surface area contributed by atoms with Gasteiger partial charge in [0.2, 0.25) is 21.8 Å². The highest BCUT2D eigenvalue weighted by Crippen LogP contribution is 2.23. The van der Waals surface area contributed by atoms with E-state index in [1.54, 1.807) is 12.1 Å². The lowest BCUT2D eigenvalue weighted by atomic mass is 10.0. The number of rotatable bonds is 13. The van der Waals surface area contributed by atoms with Gasteiger partial charge < -0.3 is 10.2 Å². The molecule has 0 saturated carbocycles. The second-order valence-electron chi connectivity index (χ2n) is 10.2. The summed E-state index contributed by atoms with van der Waals surface area (Å²) in [7, 11) is -3.80. The minimum absolute atomic E-state index is 0.146. The van der Waals surface area contributed by atoms with Gasteiger partial charge in [0.15, 0.2) is 0 Å². The van der Waals surface area contributed by atoms with Gasteiger partial charge >= 0.3 is 0 Å². The Balaban J connectivity index is 2.02. The van der Waals surface area contributed by atoms with Gasteiger partial charge in [-0.05, 0) is 53.3 Å². The molecule has 0 heterocycles. The first kappa shape index (κ1) is 31.4. The van der Waals surface area contributed by atoms with Crippen LogP contribution < -0.4 is 9.62 Å². The highest BCUT2D eigenvalue weighted by molar-refractivity contribution is 9.10. The van der Waals surface area contributed by atoms with E-state index in [4.69, 9.17) is 0 Å². The third-order valence-electron chi connectivity index (χ3n) is 6.61. The van der Waals surface area contributed by atoms with Crippen molar-refractivity contribution in [1.29, 1.82) is 0 Å². The van der Waals surface area contributed by atoms with E-state index < -0.39 is 28.5 Å². The predicted molar refractivity (Wildman–Crippen MR) is 165 cm³/mol. The molecule has 0 aliphatic carbocycles. The first-order chi connectivity index (χ1) is 19.0. The second-order valence-corrected chi connectivity index (χ2v) is 13.0. The van der Waals surface area contributed by atoms with Crippen LogP contribution in [-0.2, 0) is 32.6 Å². The Hall–Kier alpha value is -3.17. The fourth-order valence-electron chi connectivity index (χ4n) is 4.35. The smallest absolute Gasteiger partial charge is 0.244 e. The molecular formula is C31H38BrN3O4S. The molecule has 0 saturated heterocycles. The van der Waals surface area contributed by atoms with Crippen LogP contribution in [-0.4, -0.2) is 50.5 Å². The van der Waals surface area contributed by atoms with Gasteiger partial charge in [-0.1, -0.05) is 91.3 Å². The van der Waals surface area contributed by atoms with Crippen LogP contribution in [0.1, 0.15) is 49.8 Å². The highest BCUT2D eigenvalue weighted by Gasteiger charge is 2.33. The summed E-state index contributed by atoms with van der Waals surface area (Å²) >= 11 is 3.44. The molecule has 0 spiro atoms. The Kier molecular flexibility index (Phi) is 11.3. The average Bonchev–Trinajstić information content (AvgIpc) is 2.93. The third-order valence-corrected chi connectivity index (χ3v) is 8.28. The lowest BCUT2D eigenvalue weighted by molar-refractivity contribution is -0.140. The Bertz CT molecular complexity index is 1360. The molecule has 0 aliphatic rings. The number of benzene rings is 3. The molecule has 3 aromatic carbocycles. The number of hydrogen-bond acceptors (Lipinski definition) is 4. The van der Waals surface area contributed by atoms with Crippen molar-refractivity contribution < 1.29 is 18.0 Å². The van der Waals surface area contributed by atoms with Gasteiger partial charge in [0.05, 0.1) is 11.9 Å². The number of hydrogen-bond donors (Lipinski definition) is 1. The fraction of sp³-hybridized carbons (Fsp3) is 0.355. The van der Waals surface area contributed by atoms with Gasteiger partial charge in [0.25, 0.3) is 0 Å². The average molecular weight is 629 g/mol. The molecule has 1 N–H and O–H groups in total. The van der Waals surface area contributed by atoms with Crippen LogP contribution in [0.5, 0.6) is 0 Å².